The Kier molecular flexibility index (Phi) is 8.81. The summed E-state index contributed by atoms with van der Waals surface area (Å²) in [4.78, 5) is 4.30. The predicted octanol–water partition coefficient (Wildman–Crippen LogP) is 2.92. The van der Waals surface area contributed by atoms with E-state index in [0.29, 0.717) is 26.4 Å². The fourth-order valence-electron chi connectivity index (χ4n) is 2.86. The molecule has 0 atom stereocenters. The van der Waals surface area contributed by atoms with Gasteiger partial charge in [0.1, 0.15) is 18.1 Å². The molecule has 1 aromatic heterocycles. The van der Waals surface area contributed by atoms with Crippen molar-refractivity contribution in [2.75, 3.05) is 33.4 Å². The molecule has 1 heterocycles. The molecule has 0 saturated carbocycles. The summed E-state index contributed by atoms with van der Waals surface area (Å²) in [5.41, 5.74) is 4.33. The van der Waals surface area contributed by atoms with Gasteiger partial charge in [-0.1, -0.05) is 17.3 Å². The third kappa shape index (κ3) is 6.56. The number of rotatable bonds is 10. The number of guanidine groups is 1. The first kappa shape index (κ1) is 21.8. The molecule has 2 rings (SSSR count). The maximum absolute atomic E-state index is 5.90. The average molecular weight is 389 g/mol. The molecule has 0 aliphatic carbocycles. The van der Waals surface area contributed by atoms with Crippen LogP contribution in [0, 0.1) is 20.8 Å². The molecule has 0 unspecified atom stereocenters. The first-order valence-electron chi connectivity index (χ1n) is 9.71. The lowest BCUT2D eigenvalue weighted by atomic mass is 10.1. The third-order valence-corrected chi connectivity index (χ3v) is 4.43. The maximum Gasteiger partial charge on any atom is 0.191 e. The molecule has 154 valence electrons. The summed E-state index contributed by atoms with van der Waals surface area (Å²) in [6.45, 7) is 11.1. The highest BCUT2D eigenvalue weighted by molar-refractivity contribution is 5.79. The van der Waals surface area contributed by atoms with E-state index in [0.717, 1.165) is 52.8 Å². The summed E-state index contributed by atoms with van der Waals surface area (Å²) in [7, 11) is 1.76. The number of nitrogens with zero attached hydrogens (tertiary/aromatic N) is 2. The van der Waals surface area contributed by atoms with Gasteiger partial charge in [-0.2, -0.15) is 0 Å². The summed E-state index contributed by atoms with van der Waals surface area (Å²) in [5.74, 6) is 2.49. The number of hydrogen-bond acceptors (Lipinski definition) is 5. The zero-order valence-electron chi connectivity index (χ0n) is 17.6. The van der Waals surface area contributed by atoms with Crippen LogP contribution in [-0.4, -0.2) is 44.5 Å². The van der Waals surface area contributed by atoms with Crippen molar-refractivity contribution in [1.82, 2.24) is 15.8 Å². The Bertz CT molecular complexity index is 752. The van der Waals surface area contributed by atoms with Crippen molar-refractivity contribution in [3.63, 3.8) is 0 Å². The fraction of sp³-hybridized carbons (Fsp3) is 0.524. The molecule has 0 spiro atoms. The molecule has 0 aliphatic rings. The minimum atomic E-state index is 0.536. The Morgan fingerprint density at radius 3 is 2.68 bits per heavy atom. The summed E-state index contributed by atoms with van der Waals surface area (Å²) in [6.07, 6.45) is 0.832. The van der Waals surface area contributed by atoms with Crippen LogP contribution < -0.4 is 15.4 Å². The van der Waals surface area contributed by atoms with Gasteiger partial charge in [0.2, 0.25) is 0 Å². The van der Waals surface area contributed by atoms with Gasteiger partial charge in [0.05, 0.1) is 12.3 Å². The second kappa shape index (κ2) is 11.3. The van der Waals surface area contributed by atoms with E-state index in [4.69, 9.17) is 14.0 Å². The molecule has 0 aliphatic heterocycles. The number of aryl methyl sites for hydroxylation is 3. The Morgan fingerprint density at radius 2 is 2.00 bits per heavy atom. The van der Waals surface area contributed by atoms with E-state index in [-0.39, 0.29) is 0 Å². The molecule has 0 bridgehead atoms. The molecule has 2 aromatic rings. The van der Waals surface area contributed by atoms with Gasteiger partial charge in [0.15, 0.2) is 5.96 Å². The fourth-order valence-corrected chi connectivity index (χ4v) is 2.86. The first-order valence-corrected chi connectivity index (χ1v) is 9.71. The van der Waals surface area contributed by atoms with Crippen LogP contribution in [0.4, 0.5) is 0 Å². The standard InChI is InChI=1S/C21H32N4O3/c1-6-26-11-12-27-20-13-15(2)7-8-18(20)14-24-21(22-5)23-10-9-19-16(3)25-28-17(19)4/h7-8,13H,6,9-12,14H2,1-5H3,(H2,22,23,24). The molecule has 2 N–H and O–H groups in total. The molecule has 7 heteroatoms. The van der Waals surface area contributed by atoms with Crippen molar-refractivity contribution < 1.29 is 14.0 Å². The highest BCUT2D eigenvalue weighted by Crippen LogP contribution is 2.20. The molecular weight excluding hydrogens is 356 g/mol. The lowest BCUT2D eigenvalue weighted by Gasteiger charge is -2.15. The number of nitrogens with one attached hydrogen (secondary N) is 2. The van der Waals surface area contributed by atoms with Gasteiger partial charge in [0.25, 0.3) is 0 Å². The number of hydrogen-bond donors (Lipinski definition) is 2. The van der Waals surface area contributed by atoms with Gasteiger partial charge in [-0.25, -0.2) is 0 Å². The van der Waals surface area contributed by atoms with Crippen LogP contribution >= 0.6 is 0 Å². The molecule has 0 saturated heterocycles. The number of benzene rings is 1. The van der Waals surface area contributed by atoms with E-state index < -0.39 is 0 Å². The van der Waals surface area contributed by atoms with Crippen molar-refractivity contribution >= 4 is 5.96 Å². The van der Waals surface area contributed by atoms with E-state index in [1.165, 1.54) is 0 Å². The van der Waals surface area contributed by atoms with Crippen LogP contribution in [0.3, 0.4) is 0 Å². The maximum atomic E-state index is 5.90. The average Bonchev–Trinajstić information content (AvgIpc) is 3.01. The molecular formula is C21H32N4O3. The summed E-state index contributed by atoms with van der Waals surface area (Å²) in [5, 5.41) is 10.7. The SMILES string of the molecule is CCOCCOc1cc(C)ccc1CNC(=NC)NCCc1c(C)noc1C. The number of ether oxygens (including phenoxy) is 2. The lowest BCUT2D eigenvalue weighted by Crippen LogP contribution is -2.38. The third-order valence-electron chi connectivity index (χ3n) is 4.43. The van der Waals surface area contributed by atoms with E-state index in [9.17, 15) is 0 Å². The van der Waals surface area contributed by atoms with Crippen LogP contribution in [0.25, 0.3) is 0 Å². The van der Waals surface area contributed by atoms with Crippen LogP contribution in [0.1, 0.15) is 35.1 Å². The molecule has 0 fully saturated rings. The summed E-state index contributed by atoms with van der Waals surface area (Å²) < 4.78 is 16.5. The van der Waals surface area contributed by atoms with Gasteiger partial charge in [-0.3, -0.25) is 4.99 Å². The van der Waals surface area contributed by atoms with Gasteiger partial charge in [-0.05, 0) is 45.7 Å². The monoisotopic (exact) mass is 388 g/mol. The molecule has 0 amide bonds. The van der Waals surface area contributed by atoms with Crippen molar-refractivity contribution in [3.8, 4) is 5.75 Å². The molecule has 0 radical (unpaired) electrons. The summed E-state index contributed by atoms with van der Waals surface area (Å²) >= 11 is 0. The van der Waals surface area contributed by atoms with Crippen molar-refractivity contribution in [3.05, 3.63) is 46.3 Å². The highest BCUT2D eigenvalue weighted by atomic mass is 16.5. The van der Waals surface area contributed by atoms with E-state index >= 15 is 0 Å². The molecule has 28 heavy (non-hydrogen) atoms. The zero-order valence-corrected chi connectivity index (χ0v) is 17.6. The minimum Gasteiger partial charge on any atom is -0.491 e. The second-order valence-corrected chi connectivity index (χ2v) is 6.56. The van der Waals surface area contributed by atoms with E-state index in [2.05, 4.69) is 45.9 Å². The Labute approximate surface area is 167 Å². The van der Waals surface area contributed by atoms with Gasteiger partial charge >= 0.3 is 0 Å². The van der Waals surface area contributed by atoms with Crippen LogP contribution in [0.15, 0.2) is 27.7 Å². The Morgan fingerprint density at radius 1 is 1.18 bits per heavy atom. The number of aliphatic imine (C=N–C) groups is 1. The van der Waals surface area contributed by atoms with Crippen molar-refractivity contribution in [2.45, 2.75) is 40.7 Å². The van der Waals surface area contributed by atoms with Crippen molar-refractivity contribution in [1.29, 1.82) is 0 Å². The largest absolute Gasteiger partial charge is 0.491 e. The molecule has 7 nitrogen and oxygen atoms in total. The van der Waals surface area contributed by atoms with Crippen LogP contribution in [-0.2, 0) is 17.7 Å². The van der Waals surface area contributed by atoms with Gasteiger partial charge in [0, 0.05) is 37.9 Å². The Hall–Kier alpha value is -2.54. The topological polar surface area (TPSA) is 80.9 Å². The Balaban J connectivity index is 1.86. The van der Waals surface area contributed by atoms with Gasteiger partial charge in [-0.15, -0.1) is 0 Å². The van der Waals surface area contributed by atoms with E-state index in [1.54, 1.807) is 7.05 Å². The lowest BCUT2D eigenvalue weighted by molar-refractivity contribution is 0.110. The predicted molar refractivity (Wildman–Crippen MR) is 111 cm³/mol. The smallest absolute Gasteiger partial charge is 0.191 e. The van der Waals surface area contributed by atoms with Gasteiger partial charge < -0.3 is 24.6 Å². The van der Waals surface area contributed by atoms with Crippen LogP contribution in [0.5, 0.6) is 5.75 Å². The second-order valence-electron chi connectivity index (χ2n) is 6.56. The van der Waals surface area contributed by atoms with E-state index in [1.807, 2.05) is 20.8 Å². The zero-order chi connectivity index (χ0) is 20.4. The highest BCUT2D eigenvalue weighted by Gasteiger charge is 2.09. The minimum absolute atomic E-state index is 0.536. The molecule has 1 aromatic carbocycles. The quantitative estimate of drug-likeness (QED) is 0.370. The number of aromatic nitrogens is 1. The normalized spacial score (nSPS) is 11.5. The first-order chi connectivity index (χ1) is 13.5. The van der Waals surface area contributed by atoms with Crippen molar-refractivity contribution in [2.24, 2.45) is 4.99 Å². The van der Waals surface area contributed by atoms with Crippen LogP contribution in [0.2, 0.25) is 0 Å². The summed E-state index contributed by atoms with van der Waals surface area (Å²) in [6, 6.07) is 6.21.